The van der Waals surface area contributed by atoms with E-state index in [4.69, 9.17) is 14.2 Å². The Labute approximate surface area is 183 Å². The van der Waals surface area contributed by atoms with Crippen molar-refractivity contribution in [1.82, 2.24) is 4.90 Å². The molecule has 0 radical (unpaired) electrons. The van der Waals surface area contributed by atoms with Crippen LogP contribution in [0.2, 0.25) is 0 Å². The standard InChI is InChI=1S/C26H29NO4/c1-20(28)19-31-26-11-8-22-4-2-3-5-24(22)25(26)18-21-6-9-23(10-7-21)30-17-14-27-12-15-29-16-13-27/h2-11H,12-19H2,1H3. The van der Waals surface area contributed by atoms with Gasteiger partial charge in [0, 0.05) is 31.6 Å². The maximum Gasteiger partial charge on any atom is 0.167 e. The van der Waals surface area contributed by atoms with Crippen LogP contribution >= 0.6 is 0 Å². The predicted molar refractivity (Wildman–Crippen MR) is 122 cm³/mol. The van der Waals surface area contributed by atoms with E-state index in [1.54, 1.807) is 6.92 Å². The minimum absolute atomic E-state index is 0.0117. The number of morpholine rings is 1. The van der Waals surface area contributed by atoms with Crippen LogP contribution in [-0.2, 0) is 16.0 Å². The SMILES string of the molecule is CC(=O)COc1ccc2ccccc2c1Cc1ccc(OCCN2CCOCC2)cc1. The quantitative estimate of drug-likeness (QED) is 0.522. The first-order chi connectivity index (χ1) is 15.2. The molecule has 162 valence electrons. The molecule has 0 unspecified atom stereocenters. The van der Waals surface area contributed by atoms with Gasteiger partial charge in [0.25, 0.3) is 0 Å². The number of fused-ring (bicyclic) bond motifs is 1. The minimum Gasteiger partial charge on any atom is -0.492 e. The van der Waals surface area contributed by atoms with Crippen LogP contribution in [0.25, 0.3) is 10.8 Å². The van der Waals surface area contributed by atoms with Gasteiger partial charge in [0.05, 0.1) is 13.2 Å². The second-order valence-electron chi connectivity index (χ2n) is 7.88. The summed E-state index contributed by atoms with van der Waals surface area (Å²) in [6.45, 7) is 6.77. The van der Waals surface area contributed by atoms with Crippen LogP contribution in [0.1, 0.15) is 18.1 Å². The van der Waals surface area contributed by atoms with E-state index >= 15 is 0 Å². The molecule has 0 saturated carbocycles. The summed E-state index contributed by atoms with van der Waals surface area (Å²) in [6, 6.07) is 20.5. The number of hydrogen-bond acceptors (Lipinski definition) is 5. The Hall–Kier alpha value is -2.89. The third-order valence-electron chi connectivity index (χ3n) is 5.51. The summed E-state index contributed by atoms with van der Waals surface area (Å²) in [5, 5.41) is 2.31. The van der Waals surface area contributed by atoms with Crippen molar-refractivity contribution < 1.29 is 19.0 Å². The lowest BCUT2D eigenvalue weighted by atomic mass is 9.97. The van der Waals surface area contributed by atoms with Crippen LogP contribution in [0, 0.1) is 0 Å². The van der Waals surface area contributed by atoms with Gasteiger partial charge in [-0.15, -0.1) is 0 Å². The molecule has 0 N–H and O–H groups in total. The van der Waals surface area contributed by atoms with E-state index in [1.165, 1.54) is 5.56 Å². The van der Waals surface area contributed by atoms with Crippen molar-refractivity contribution in [3.63, 3.8) is 0 Å². The Kier molecular flexibility index (Phi) is 7.18. The van der Waals surface area contributed by atoms with Crippen molar-refractivity contribution in [2.75, 3.05) is 46.1 Å². The molecule has 0 bridgehead atoms. The summed E-state index contributed by atoms with van der Waals surface area (Å²) < 4.78 is 17.1. The molecule has 0 spiro atoms. The molecule has 1 aliphatic rings. The van der Waals surface area contributed by atoms with Gasteiger partial charge >= 0.3 is 0 Å². The van der Waals surface area contributed by atoms with Crippen molar-refractivity contribution in [3.05, 3.63) is 71.8 Å². The van der Waals surface area contributed by atoms with Crippen LogP contribution in [-0.4, -0.2) is 56.7 Å². The number of ether oxygens (including phenoxy) is 3. The molecule has 4 rings (SSSR count). The first kappa shape index (κ1) is 21.3. The largest absolute Gasteiger partial charge is 0.492 e. The topological polar surface area (TPSA) is 48.0 Å². The van der Waals surface area contributed by atoms with Gasteiger partial charge in [0.1, 0.15) is 24.7 Å². The average Bonchev–Trinajstić information content (AvgIpc) is 2.80. The fourth-order valence-corrected chi connectivity index (χ4v) is 3.84. The van der Waals surface area contributed by atoms with Gasteiger partial charge in [0.2, 0.25) is 0 Å². The Balaban J connectivity index is 1.44. The first-order valence-electron chi connectivity index (χ1n) is 10.8. The lowest BCUT2D eigenvalue weighted by Gasteiger charge is -2.26. The van der Waals surface area contributed by atoms with Gasteiger partial charge in [0.15, 0.2) is 5.78 Å². The van der Waals surface area contributed by atoms with E-state index in [0.29, 0.717) is 6.61 Å². The molecule has 1 heterocycles. The molecule has 1 fully saturated rings. The number of hydrogen-bond donors (Lipinski definition) is 0. The molecule has 1 saturated heterocycles. The molecular formula is C26H29NO4. The zero-order chi connectivity index (χ0) is 21.5. The van der Waals surface area contributed by atoms with Crippen molar-refractivity contribution in [1.29, 1.82) is 0 Å². The van der Waals surface area contributed by atoms with Crippen LogP contribution in [0.3, 0.4) is 0 Å². The molecule has 31 heavy (non-hydrogen) atoms. The third kappa shape index (κ3) is 5.84. The van der Waals surface area contributed by atoms with Crippen molar-refractivity contribution >= 4 is 16.6 Å². The highest BCUT2D eigenvalue weighted by Gasteiger charge is 2.12. The molecule has 3 aromatic rings. The van der Waals surface area contributed by atoms with Gasteiger partial charge in [-0.1, -0.05) is 42.5 Å². The predicted octanol–water partition coefficient (Wildman–Crippen LogP) is 4.11. The Morgan fingerprint density at radius 3 is 2.52 bits per heavy atom. The summed E-state index contributed by atoms with van der Waals surface area (Å²) in [5.41, 5.74) is 2.27. The molecule has 0 amide bonds. The number of benzene rings is 3. The zero-order valence-electron chi connectivity index (χ0n) is 18.0. The molecule has 0 aromatic heterocycles. The number of carbonyl (C=O) groups excluding carboxylic acids is 1. The van der Waals surface area contributed by atoms with Crippen LogP contribution in [0.15, 0.2) is 60.7 Å². The highest BCUT2D eigenvalue weighted by atomic mass is 16.5. The molecule has 3 aromatic carbocycles. The monoisotopic (exact) mass is 419 g/mol. The second kappa shape index (κ2) is 10.4. The lowest BCUT2D eigenvalue weighted by Crippen LogP contribution is -2.38. The number of nitrogens with zero attached hydrogens (tertiary/aromatic N) is 1. The van der Waals surface area contributed by atoms with E-state index in [1.807, 2.05) is 36.4 Å². The Morgan fingerprint density at radius 2 is 1.74 bits per heavy atom. The molecule has 5 nitrogen and oxygen atoms in total. The van der Waals surface area contributed by atoms with Gasteiger partial charge in [-0.25, -0.2) is 0 Å². The van der Waals surface area contributed by atoms with Crippen molar-refractivity contribution in [3.8, 4) is 11.5 Å². The Morgan fingerprint density at radius 1 is 0.968 bits per heavy atom. The minimum atomic E-state index is 0.0117. The summed E-state index contributed by atoms with van der Waals surface area (Å²) in [7, 11) is 0. The zero-order valence-corrected chi connectivity index (χ0v) is 18.0. The normalized spacial score (nSPS) is 14.5. The van der Waals surface area contributed by atoms with Gasteiger partial charge in [-0.05, 0) is 41.5 Å². The second-order valence-corrected chi connectivity index (χ2v) is 7.88. The summed E-state index contributed by atoms with van der Waals surface area (Å²) in [6.07, 6.45) is 0.725. The average molecular weight is 420 g/mol. The summed E-state index contributed by atoms with van der Waals surface area (Å²) in [5.74, 6) is 1.65. The number of carbonyl (C=O) groups is 1. The molecule has 1 aliphatic heterocycles. The molecule has 0 aliphatic carbocycles. The number of rotatable bonds is 9. The summed E-state index contributed by atoms with van der Waals surface area (Å²) >= 11 is 0. The highest BCUT2D eigenvalue weighted by molar-refractivity contribution is 5.88. The highest BCUT2D eigenvalue weighted by Crippen LogP contribution is 2.31. The third-order valence-corrected chi connectivity index (χ3v) is 5.51. The van der Waals surface area contributed by atoms with E-state index in [2.05, 4.69) is 29.2 Å². The van der Waals surface area contributed by atoms with Gasteiger partial charge < -0.3 is 14.2 Å². The van der Waals surface area contributed by atoms with E-state index in [0.717, 1.165) is 67.1 Å². The molecular weight excluding hydrogens is 390 g/mol. The Bertz CT molecular complexity index is 1010. The van der Waals surface area contributed by atoms with Gasteiger partial charge in [-0.3, -0.25) is 9.69 Å². The van der Waals surface area contributed by atoms with E-state index < -0.39 is 0 Å². The van der Waals surface area contributed by atoms with Crippen LogP contribution in [0.4, 0.5) is 0 Å². The summed E-state index contributed by atoms with van der Waals surface area (Å²) in [4.78, 5) is 13.8. The fourth-order valence-electron chi connectivity index (χ4n) is 3.84. The maximum atomic E-state index is 11.4. The molecule has 5 heteroatoms. The maximum absolute atomic E-state index is 11.4. The van der Waals surface area contributed by atoms with E-state index in [-0.39, 0.29) is 12.4 Å². The molecule has 0 atom stereocenters. The van der Waals surface area contributed by atoms with Crippen molar-refractivity contribution in [2.24, 2.45) is 0 Å². The number of Topliss-reactive ketones (excluding diaryl/α,β-unsaturated/α-hetero) is 1. The first-order valence-corrected chi connectivity index (χ1v) is 10.8. The fraction of sp³-hybridized carbons (Fsp3) is 0.346. The lowest BCUT2D eigenvalue weighted by molar-refractivity contribution is -0.118. The van der Waals surface area contributed by atoms with Gasteiger partial charge in [-0.2, -0.15) is 0 Å². The smallest absolute Gasteiger partial charge is 0.167 e. The van der Waals surface area contributed by atoms with E-state index in [9.17, 15) is 4.79 Å². The van der Waals surface area contributed by atoms with Crippen molar-refractivity contribution in [2.45, 2.75) is 13.3 Å². The van der Waals surface area contributed by atoms with Crippen LogP contribution in [0.5, 0.6) is 11.5 Å². The number of ketones is 1. The van der Waals surface area contributed by atoms with Crippen LogP contribution < -0.4 is 9.47 Å².